The van der Waals surface area contributed by atoms with Crippen LogP contribution in [0.15, 0.2) is 16.6 Å². The van der Waals surface area contributed by atoms with Gasteiger partial charge in [-0.3, -0.25) is 0 Å². The van der Waals surface area contributed by atoms with Gasteiger partial charge in [0.1, 0.15) is 13.2 Å². The normalized spacial score (nSPS) is 20.7. The summed E-state index contributed by atoms with van der Waals surface area (Å²) in [5, 5.41) is 0.0447. The Labute approximate surface area is 133 Å². The molecular formula is C16H20BrClO2. The molecule has 0 N–H and O–H groups in total. The Bertz CT molecular complexity index is 472. The molecule has 0 bridgehead atoms. The first-order valence-corrected chi connectivity index (χ1v) is 8.70. The molecule has 0 amide bonds. The van der Waals surface area contributed by atoms with E-state index in [0.29, 0.717) is 13.2 Å². The van der Waals surface area contributed by atoms with Crippen LogP contribution in [-0.4, -0.2) is 13.2 Å². The van der Waals surface area contributed by atoms with Gasteiger partial charge in [-0.1, -0.05) is 48.0 Å². The molecule has 1 unspecified atom stereocenters. The van der Waals surface area contributed by atoms with E-state index in [-0.39, 0.29) is 5.38 Å². The molecule has 3 rings (SSSR count). The van der Waals surface area contributed by atoms with Crippen molar-refractivity contribution < 1.29 is 9.47 Å². The Balaban J connectivity index is 1.74. The first-order chi connectivity index (χ1) is 9.74. The fourth-order valence-corrected chi connectivity index (χ4v) is 4.33. The van der Waals surface area contributed by atoms with Crippen LogP contribution in [0.25, 0.3) is 0 Å². The Hall–Kier alpha value is -0.410. The van der Waals surface area contributed by atoms with Crippen molar-refractivity contribution in [2.45, 2.75) is 43.9 Å². The summed E-state index contributed by atoms with van der Waals surface area (Å²) in [6.07, 6.45) is 7.81. The zero-order valence-corrected chi connectivity index (χ0v) is 13.9. The van der Waals surface area contributed by atoms with Crippen molar-refractivity contribution in [2.24, 2.45) is 5.92 Å². The van der Waals surface area contributed by atoms with Crippen LogP contribution in [0.4, 0.5) is 0 Å². The average molecular weight is 360 g/mol. The Morgan fingerprint density at radius 2 is 1.75 bits per heavy atom. The van der Waals surface area contributed by atoms with Gasteiger partial charge < -0.3 is 9.47 Å². The number of fused-ring (bicyclic) bond motifs is 1. The average Bonchev–Trinajstić information content (AvgIpc) is 2.47. The van der Waals surface area contributed by atoms with Crippen LogP contribution in [0.3, 0.4) is 0 Å². The maximum atomic E-state index is 6.66. The fraction of sp³-hybridized carbons (Fsp3) is 0.625. The number of alkyl halides is 1. The predicted octanol–water partition coefficient (Wildman–Crippen LogP) is 5.47. The van der Waals surface area contributed by atoms with Crippen molar-refractivity contribution in [3.05, 3.63) is 22.2 Å². The molecule has 110 valence electrons. The van der Waals surface area contributed by atoms with E-state index in [0.717, 1.165) is 33.9 Å². The zero-order valence-electron chi connectivity index (χ0n) is 11.5. The Morgan fingerprint density at radius 1 is 1.10 bits per heavy atom. The molecule has 0 spiro atoms. The lowest BCUT2D eigenvalue weighted by atomic mass is 9.85. The topological polar surface area (TPSA) is 18.5 Å². The van der Waals surface area contributed by atoms with Crippen molar-refractivity contribution in [3.8, 4) is 11.5 Å². The van der Waals surface area contributed by atoms with E-state index in [2.05, 4.69) is 15.9 Å². The van der Waals surface area contributed by atoms with E-state index in [1.54, 1.807) is 0 Å². The molecule has 2 nitrogen and oxygen atoms in total. The lowest BCUT2D eigenvalue weighted by Crippen LogP contribution is -2.16. The molecule has 1 aliphatic heterocycles. The van der Waals surface area contributed by atoms with E-state index >= 15 is 0 Å². The summed E-state index contributed by atoms with van der Waals surface area (Å²) < 4.78 is 12.3. The molecule has 1 aromatic rings. The summed E-state index contributed by atoms with van der Waals surface area (Å²) in [5.74, 6) is 2.41. The largest absolute Gasteiger partial charge is 0.486 e. The van der Waals surface area contributed by atoms with Crippen LogP contribution in [0.2, 0.25) is 0 Å². The molecule has 4 heteroatoms. The molecule has 1 aliphatic carbocycles. The van der Waals surface area contributed by atoms with Crippen LogP contribution in [0.5, 0.6) is 11.5 Å². The van der Waals surface area contributed by atoms with Crippen molar-refractivity contribution in [1.82, 2.24) is 0 Å². The molecule has 1 heterocycles. The highest BCUT2D eigenvalue weighted by molar-refractivity contribution is 9.10. The van der Waals surface area contributed by atoms with Crippen molar-refractivity contribution in [3.63, 3.8) is 0 Å². The molecule has 2 aliphatic rings. The molecule has 0 radical (unpaired) electrons. The van der Waals surface area contributed by atoms with Gasteiger partial charge in [0.25, 0.3) is 0 Å². The van der Waals surface area contributed by atoms with Crippen LogP contribution < -0.4 is 9.47 Å². The Morgan fingerprint density at radius 3 is 2.45 bits per heavy atom. The predicted molar refractivity (Wildman–Crippen MR) is 84.9 cm³/mol. The molecule has 1 atom stereocenters. The van der Waals surface area contributed by atoms with E-state index in [9.17, 15) is 0 Å². The summed E-state index contributed by atoms with van der Waals surface area (Å²) in [7, 11) is 0. The first kappa shape index (κ1) is 14.5. The second kappa shape index (κ2) is 6.57. The summed E-state index contributed by atoms with van der Waals surface area (Å²) >= 11 is 10.3. The van der Waals surface area contributed by atoms with Gasteiger partial charge >= 0.3 is 0 Å². The van der Waals surface area contributed by atoms with E-state index in [1.807, 2.05) is 12.1 Å². The molecule has 0 aromatic heterocycles. The smallest absolute Gasteiger partial charge is 0.162 e. The summed E-state index contributed by atoms with van der Waals surface area (Å²) in [6, 6.07) is 4.03. The second-order valence-corrected chi connectivity index (χ2v) is 7.11. The summed E-state index contributed by atoms with van der Waals surface area (Å²) in [5.41, 5.74) is 1.13. The molecule has 1 saturated carbocycles. The van der Waals surface area contributed by atoms with Crippen LogP contribution >= 0.6 is 27.5 Å². The van der Waals surface area contributed by atoms with Crippen LogP contribution in [0.1, 0.15) is 49.5 Å². The van der Waals surface area contributed by atoms with Crippen LogP contribution in [0, 0.1) is 5.92 Å². The highest BCUT2D eigenvalue weighted by Gasteiger charge is 2.23. The van der Waals surface area contributed by atoms with Crippen molar-refractivity contribution >= 4 is 27.5 Å². The van der Waals surface area contributed by atoms with Crippen molar-refractivity contribution in [1.29, 1.82) is 0 Å². The third kappa shape index (κ3) is 3.25. The van der Waals surface area contributed by atoms with E-state index < -0.39 is 0 Å². The van der Waals surface area contributed by atoms with Gasteiger partial charge in [-0.05, 0) is 30.0 Å². The Kier molecular flexibility index (Phi) is 4.77. The number of rotatable bonds is 3. The van der Waals surface area contributed by atoms with E-state index in [1.165, 1.54) is 32.1 Å². The van der Waals surface area contributed by atoms with Crippen molar-refractivity contribution in [2.75, 3.05) is 13.2 Å². The molecule has 1 fully saturated rings. The van der Waals surface area contributed by atoms with Gasteiger partial charge in [-0.15, -0.1) is 11.6 Å². The van der Waals surface area contributed by atoms with Crippen LogP contribution in [-0.2, 0) is 0 Å². The number of halogens is 2. The number of benzene rings is 1. The first-order valence-electron chi connectivity index (χ1n) is 7.47. The quantitative estimate of drug-likeness (QED) is 0.666. The number of hydrogen-bond acceptors (Lipinski definition) is 2. The summed E-state index contributed by atoms with van der Waals surface area (Å²) in [6.45, 7) is 1.23. The molecule has 1 aromatic carbocycles. The highest BCUT2D eigenvalue weighted by Crippen LogP contribution is 2.42. The second-order valence-electron chi connectivity index (χ2n) is 5.72. The standard InChI is InChI=1S/C16H20BrClO2/c17-13-10-16-15(19-6-7-20-16)9-12(13)14(18)8-11-4-2-1-3-5-11/h9-11,14H,1-8H2. The molecule has 0 saturated heterocycles. The van der Waals surface area contributed by atoms with Gasteiger partial charge in [0.15, 0.2) is 11.5 Å². The third-order valence-corrected chi connectivity index (χ3v) is 5.36. The van der Waals surface area contributed by atoms with E-state index in [4.69, 9.17) is 21.1 Å². The minimum atomic E-state index is 0.0447. The maximum absolute atomic E-state index is 6.66. The van der Waals surface area contributed by atoms with Gasteiger partial charge in [0, 0.05) is 4.47 Å². The minimum Gasteiger partial charge on any atom is -0.486 e. The summed E-state index contributed by atoms with van der Waals surface area (Å²) in [4.78, 5) is 0. The highest BCUT2D eigenvalue weighted by atomic mass is 79.9. The van der Waals surface area contributed by atoms with Gasteiger partial charge in [-0.25, -0.2) is 0 Å². The fourth-order valence-electron chi connectivity index (χ4n) is 3.16. The van der Waals surface area contributed by atoms with Gasteiger partial charge in [0.05, 0.1) is 5.38 Å². The lowest BCUT2D eigenvalue weighted by molar-refractivity contribution is 0.171. The third-order valence-electron chi connectivity index (χ3n) is 4.26. The van der Waals surface area contributed by atoms with Gasteiger partial charge in [0.2, 0.25) is 0 Å². The van der Waals surface area contributed by atoms with Gasteiger partial charge in [-0.2, -0.15) is 0 Å². The maximum Gasteiger partial charge on any atom is 0.162 e. The number of hydrogen-bond donors (Lipinski definition) is 0. The minimum absolute atomic E-state index is 0.0447. The molecule has 20 heavy (non-hydrogen) atoms. The molecular weight excluding hydrogens is 340 g/mol. The SMILES string of the molecule is ClC(CC1CCCCC1)c1cc2c(cc1Br)OCCO2. The lowest BCUT2D eigenvalue weighted by Gasteiger charge is -2.25. The monoisotopic (exact) mass is 358 g/mol. The zero-order chi connectivity index (χ0) is 13.9. The number of ether oxygens (including phenoxy) is 2.